The van der Waals surface area contributed by atoms with Gasteiger partial charge >= 0.3 is 0 Å². The second-order valence-corrected chi connectivity index (χ2v) is 8.42. The van der Waals surface area contributed by atoms with E-state index in [9.17, 15) is 9.90 Å². The Bertz CT molecular complexity index is 1350. The zero-order chi connectivity index (χ0) is 23.8. The molecule has 2 N–H and O–H groups in total. The minimum atomic E-state index is -0.428. The molecule has 7 nitrogen and oxygen atoms in total. The van der Waals surface area contributed by atoms with Crippen LogP contribution < -0.4 is 9.47 Å². The molecule has 0 radical (unpaired) electrons. The number of hydrogen-bond acceptors (Lipinski definition) is 5. The Morgan fingerprint density at radius 2 is 1.65 bits per heavy atom. The summed E-state index contributed by atoms with van der Waals surface area (Å²) in [5.41, 5.74) is 3.89. The van der Waals surface area contributed by atoms with E-state index in [2.05, 4.69) is 10.2 Å². The molecule has 4 aromatic rings. The number of methoxy groups -OCH3 is 2. The Morgan fingerprint density at radius 3 is 2.29 bits per heavy atom. The van der Waals surface area contributed by atoms with Gasteiger partial charge in [0.05, 0.1) is 20.3 Å². The first-order chi connectivity index (χ1) is 16.5. The van der Waals surface area contributed by atoms with E-state index in [4.69, 9.17) is 21.1 Å². The maximum Gasteiger partial charge on any atom is 0.273 e. The van der Waals surface area contributed by atoms with Crippen LogP contribution in [0, 0.1) is 0 Å². The second kappa shape index (κ2) is 8.76. The van der Waals surface area contributed by atoms with Crippen LogP contribution in [-0.4, -0.2) is 40.3 Å². The molecule has 1 amide bonds. The average Bonchev–Trinajstić information content (AvgIpc) is 3.40. The van der Waals surface area contributed by atoms with Crippen molar-refractivity contribution in [3.63, 3.8) is 0 Å². The number of amides is 1. The standard InChI is InChI=1S/C26H22ClN3O4/c1-33-18-8-3-15(4-9-18)14-30-25(16-5-10-19(34-2)11-6-16)22-23(28-29-24(22)26(30)32)20-13-17(27)7-12-21(20)31/h3-13,25,31H,14H2,1-2H3,(H,28,29). The maximum atomic E-state index is 13.5. The van der Waals surface area contributed by atoms with Crippen LogP contribution in [0.25, 0.3) is 11.3 Å². The fourth-order valence-electron chi connectivity index (χ4n) is 4.32. The van der Waals surface area contributed by atoms with Gasteiger partial charge in [0, 0.05) is 22.7 Å². The van der Waals surface area contributed by atoms with Gasteiger partial charge < -0.3 is 19.5 Å². The number of nitrogens with one attached hydrogen (secondary N) is 1. The van der Waals surface area contributed by atoms with Crippen molar-refractivity contribution in [1.82, 2.24) is 15.1 Å². The summed E-state index contributed by atoms with van der Waals surface area (Å²) in [6.07, 6.45) is 0. The van der Waals surface area contributed by atoms with Crippen molar-refractivity contribution >= 4 is 17.5 Å². The number of carbonyl (C=O) groups excluding carboxylic acids is 1. The SMILES string of the molecule is COc1ccc(CN2C(=O)c3[nH]nc(-c4cc(Cl)ccc4O)c3C2c2ccc(OC)cc2)cc1. The lowest BCUT2D eigenvalue weighted by atomic mass is 9.95. The summed E-state index contributed by atoms with van der Waals surface area (Å²) in [6.45, 7) is 0.378. The van der Waals surface area contributed by atoms with E-state index >= 15 is 0 Å². The predicted molar refractivity (Wildman–Crippen MR) is 128 cm³/mol. The molecule has 1 aliphatic heterocycles. The highest BCUT2D eigenvalue weighted by atomic mass is 35.5. The molecular weight excluding hydrogens is 454 g/mol. The van der Waals surface area contributed by atoms with Crippen molar-refractivity contribution in [1.29, 1.82) is 0 Å². The summed E-state index contributed by atoms with van der Waals surface area (Å²) >= 11 is 6.21. The van der Waals surface area contributed by atoms with E-state index in [1.54, 1.807) is 31.3 Å². The molecule has 2 heterocycles. The molecule has 0 aliphatic carbocycles. The van der Waals surface area contributed by atoms with Gasteiger partial charge in [0.25, 0.3) is 5.91 Å². The average molecular weight is 476 g/mol. The first kappa shape index (κ1) is 21.9. The van der Waals surface area contributed by atoms with Gasteiger partial charge in [0.15, 0.2) is 0 Å². The molecule has 1 aliphatic rings. The van der Waals surface area contributed by atoms with Crippen LogP contribution in [0.4, 0.5) is 0 Å². The van der Waals surface area contributed by atoms with Crippen molar-refractivity contribution in [2.45, 2.75) is 12.6 Å². The largest absolute Gasteiger partial charge is 0.507 e. The quantitative estimate of drug-likeness (QED) is 0.400. The number of aromatic nitrogens is 2. The topological polar surface area (TPSA) is 87.7 Å². The fraction of sp³-hybridized carbons (Fsp3) is 0.154. The van der Waals surface area contributed by atoms with E-state index in [-0.39, 0.29) is 11.7 Å². The Hall–Kier alpha value is -3.97. The molecule has 0 fully saturated rings. The number of phenolic OH excluding ortho intramolecular Hbond substituents is 1. The number of ether oxygens (including phenoxy) is 2. The van der Waals surface area contributed by atoms with Crippen molar-refractivity contribution in [3.8, 4) is 28.5 Å². The number of phenols is 1. The lowest BCUT2D eigenvalue weighted by molar-refractivity contribution is 0.0730. The number of halogens is 1. The van der Waals surface area contributed by atoms with Crippen LogP contribution in [0.15, 0.2) is 66.7 Å². The number of benzene rings is 3. The molecule has 5 rings (SSSR count). The van der Waals surface area contributed by atoms with E-state index in [0.717, 1.165) is 22.6 Å². The summed E-state index contributed by atoms with van der Waals surface area (Å²) in [6, 6.07) is 19.5. The molecule has 3 aromatic carbocycles. The number of nitrogens with zero attached hydrogens (tertiary/aromatic N) is 2. The van der Waals surface area contributed by atoms with Crippen LogP contribution >= 0.6 is 11.6 Å². The normalized spacial score (nSPS) is 14.9. The molecule has 0 spiro atoms. The van der Waals surface area contributed by atoms with Crippen LogP contribution in [-0.2, 0) is 6.54 Å². The number of carbonyl (C=O) groups is 1. The highest BCUT2D eigenvalue weighted by molar-refractivity contribution is 6.31. The van der Waals surface area contributed by atoms with Crippen molar-refractivity contribution < 1.29 is 19.4 Å². The van der Waals surface area contributed by atoms with E-state index < -0.39 is 6.04 Å². The van der Waals surface area contributed by atoms with Gasteiger partial charge in [-0.05, 0) is 53.6 Å². The smallest absolute Gasteiger partial charge is 0.273 e. The van der Waals surface area contributed by atoms with Gasteiger partial charge in [-0.3, -0.25) is 9.89 Å². The fourth-order valence-corrected chi connectivity index (χ4v) is 4.50. The zero-order valence-electron chi connectivity index (χ0n) is 18.6. The lowest BCUT2D eigenvalue weighted by Crippen LogP contribution is -2.29. The second-order valence-electron chi connectivity index (χ2n) is 7.98. The molecular formula is C26H22ClN3O4. The number of H-pyrrole nitrogens is 1. The summed E-state index contributed by atoms with van der Waals surface area (Å²) in [7, 11) is 3.23. The molecule has 34 heavy (non-hydrogen) atoms. The number of aromatic hydroxyl groups is 1. The number of fused-ring (bicyclic) bond motifs is 1. The van der Waals surface area contributed by atoms with Crippen molar-refractivity contribution in [2.24, 2.45) is 0 Å². The van der Waals surface area contributed by atoms with Gasteiger partial charge in [0.2, 0.25) is 0 Å². The predicted octanol–water partition coefficient (Wildman–Crippen LogP) is 5.20. The summed E-state index contributed by atoms with van der Waals surface area (Å²) in [5, 5.41) is 18.3. The lowest BCUT2D eigenvalue weighted by Gasteiger charge is -2.27. The molecule has 1 unspecified atom stereocenters. The third kappa shape index (κ3) is 3.74. The number of rotatable bonds is 6. The van der Waals surface area contributed by atoms with Crippen LogP contribution in [0.5, 0.6) is 17.2 Å². The zero-order valence-corrected chi connectivity index (χ0v) is 19.3. The number of aromatic amines is 1. The summed E-state index contributed by atoms with van der Waals surface area (Å²) < 4.78 is 10.6. The molecule has 0 bridgehead atoms. The number of hydrogen-bond donors (Lipinski definition) is 2. The van der Waals surface area contributed by atoms with E-state index in [1.807, 2.05) is 48.5 Å². The van der Waals surface area contributed by atoms with Crippen molar-refractivity contribution in [3.05, 3.63) is 94.1 Å². The molecule has 1 aromatic heterocycles. The first-order valence-corrected chi connectivity index (χ1v) is 11.0. The van der Waals surface area contributed by atoms with Gasteiger partial charge in [-0.25, -0.2) is 0 Å². The minimum absolute atomic E-state index is 0.0354. The van der Waals surface area contributed by atoms with Crippen LogP contribution in [0.3, 0.4) is 0 Å². The third-order valence-electron chi connectivity index (χ3n) is 6.02. The molecule has 8 heteroatoms. The molecule has 0 saturated heterocycles. The van der Waals surface area contributed by atoms with Gasteiger partial charge in [-0.1, -0.05) is 35.9 Å². The molecule has 172 valence electrons. The Labute approximate surface area is 201 Å². The summed E-state index contributed by atoms with van der Waals surface area (Å²) in [5.74, 6) is 1.33. The minimum Gasteiger partial charge on any atom is -0.507 e. The van der Waals surface area contributed by atoms with Gasteiger partial charge in [-0.15, -0.1) is 0 Å². The molecule has 0 saturated carbocycles. The highest BCUT2D eigenvalue weighted by Crippen LogP contribution is 2.45. The van der Waals surface area contributed by atoms with Gasteiger partial charge in [-0.2, -0.15) is 5.10 Å². The highest BCUT2D eigenvalue weighted by Gasteiger charge is 2.42. The van der Waals surface area contributed by atoms with Crippen LogP contribution in [0.1, 0.15) is 33.2 Å². The van der Waals surface area contributed by atoms with Crippen LogP contribution in [0.2, 0.25) is 5.02 Å². The molecule has 1 atom stereocenters. The summed E-state index contributed by atoms with van der Waals surface area (Å²) in [4.78, 5) is 15.3. The maximum absolute atomic E-state index is 13.5. The van der Waals surface area contributed by atoms with E-state index in [0.29, 0.717) is 34.1 Å². The first-order valence-electron chi connectivity index (χ1n) is 10.6. The third-order valence-corrected chi connectivity index (χ3v) is 6.26. The Balaban J connectivity index is 1.63. The van der Waals surface area contributed by atoms with Gasteiger partial charge in [0.1, 0.15) is 28.6 Å². The van der Waals surface area contributed by atoms with Crippen molar-refractivity contribution in [2.75, 3.05) is 14.2 Å². The Kier molecular flexibility index (Phi) is 5.63. The Morgan fingerprint density at radius 1 is 1.00 bits per heavy atom. The monoisotopic (exact) mass is 475 g/mol. The van der Waals surface area contributed by atoms with E-state index in [1.165, 1.54) is 6.07 Å².